The smallest absolute Gasteiger partial charge is 0.303 e. The van der Waals surface area contributed by atoms with Crippen molar-refractivity contribution in [3.63, 3.8) is 0 Å². The predicted octanol–water partition coefficient (Wildman–Crippen LogP) is 0.593. The van der Waals surface area contributed by atoms with Gasteiger partial charge in [0.15, 0.2) is 0 Å². The molecule has 5 nitrogen and oxygen atoms in total. The van der Waals surface area contributed by atoms with E-state index in [-0.39, 0.29) is 12.5 Å². The molecule has 1 unspecified atom stereocenters. The Kier molecular flexibility index (Phi) is 3.24. The molecule has 1 aromatic heterocycles. The Labute approximate surface area is 82.5 Å². The van der Waals surface area contributed by atoms with Crippen LogP contribution < -0.4 is 5.73 Å². The molecule has 5 heteroatoms. The van der Waals surface area contributed by atoms with Crippen LogP contribution in [0.3, 0.4) is 0 Å². The van der Waals surface area contributed by atoms with Gasteiger partial charge in [0.05, 0.1) is 11.4 Å². The van der Waals surface area contributed by atoms with Crippen LogP contribution in [0.2, 0.25) is 0 Å². The first kappa shape index (κ1) is 10.7. The molecule has 1 heterocycles. The van der Waals surface area contributed by atoms with Gasteiger partial charge in [0.2, 0.25) is 0 Å². The zero-order chi connectivity index (χ0) is 10.7. The molecule has 0 spiro atoms. The van der Waals surface area contributed by atoms with Gasteiger partial charge in [-0.1, -0.05) is 0 Å². The van der Waals surface area contributed by atoms with E-state index in [0.717, 1.165) is 11.4 Å². The summed E-state index contributed by atoms with van der Waals surface area (Å²) >= 11 is 0. The Morgan fingerprint density at radius 3 is 2.86 bits per heavy atom. The Morgan fingerprint density at radius 1 is 1.79 bits per heavy atom. The summed E-state index contributed by atoms with van der Waals surface area (Å²) < 4.78 is 1.70. The second-order valence-corrected chi connectivity index (χ2v) is 3.37. The maximum absolute atomic E-state index is 10.3. The first-order chi connectivity index (χ1) is 6.50. The van der Waals surface area contributed by atoms with Gasteiger partial charge in [-0.3, -0.25) is 9.48 Å². The van der Waals surface area contributed by atoms with Crippen LogP contribution in [0, 0.1) is 6.92 Å². The molecule has 0 radical (unpaired) electrons. The molecule has 0 aliphatic heterocycles. The van der Waals surface area contributed by atoms with E-state index in [2.05, 4.69) is 5.10 Å². The zero-order valence-corrected chi connectivity index (χ0v) is 8.40. The minimum Gasteiger partial charge on any atom is -0.481 e. The molecule has 78 valence electrons. The predicted molar refractivity (Wildman–Crippen MR) is 51.7 cm³/mol. The molecular weight excluding hydrogens is 182 g/mol. The van der Waals surface area contributed by atoms with Crippen molar-refractivity contribution in [3.05, 3.63) is 17.5 Å². The number of nitrogens with two attached hydrogens (primary N) is 1. The maximum atomic E-state index is 10.3. The van der Waals surface area contributed by atoms with Gasteiger partial charge in [-0.25, -0.2) is 0 Å². The lowest BCUT2D eigenvalue weighted by Gasteiger charge is -2.09. The van der Waals surface area contributed by atoms with Gasteiger partial charge in [-0.05, 0) is 19.4 Å². The lowest BCUT2D eigenvalue weighted by molar-refractivity contribution is -0.137. The van der Waals surface area contributed by atoms with Crippen LogP contribution in [0.4, 0.5) is 0 Å². The SMILES string of the molecule is Cc1cc(C(N)CCC(=O)O)n(C)n1. The van der Waals surface area contributed by atoms with E-state index < -0.39 is 5.97 Å². The van der Waals surface area contributed by atoms with Crippen molar-refractivity contribution >= 4 is 5.97 Å². The quantitative estimate of drug-likeness (QED) is 0.740. The average Bonchev–Trinajstić information content (AvgIpc) is 2.41. The number of aromatic nitrogens is 2. The Hall–Kier alpha value is -1.36. The number of carboxylic acids is 1. The van der Waals surface area contributed by atoms with E-state index in [1.807, 2.05) is 20.0 Å². The van der Waals surface area contributed by atoms with Crippen molar-refractivity contribution in [1.82, 2.24) is 9.78 Å². The third kappa shape index (κ3) is 2.56. The van der Waals surface area contributed by atoms with Crippen molar-refractivity contribution in [1.29, 1.82) is 0 Å². The van der Waals surface area contributed by atoms with Crippen molar-refractivity contribution in [2.45, 2.75) is 25.8 Å². The molecule has 1 atom stereocenters. The van der Waals surface area contributed by atoms with Gasteiger partial charge >= 0.3 is 5.97 Å². The fourth-order valence-corrected chi connectivity index (χ4v) is 1.40. The molecule has 0 aliphatic rings. The van der Waals surface area contributed by atoms with Gasteiger partial charge in [0, 0.05) is 19.5 Å². The van der Waals surface area contributed by atoms with Gasteiger partial charge in [0.25, 0.3) is 0 Å². The van der Waals surface area contributed by atoms with Crippen molar-refractivity contribution < 1.29 is 9.90 Å². The summed E-state index contributed by atoms with van der Waals surface area (Å²) in [6.45, 7) is 1.88. The lowest BCUT2D eigenvalue weighted by atomic mass is 10.1. The summed E-state index contributed by atoms with van der Waals surface area (Å²) in [7, 11) is 1.81. The molecule has 0 amide bonds. The van der Waals surface area contributed by atoms with Crippen LogP contribution in [0.25, 0.3) is 0 Å². The third-order valence-corrected chi connectivity index (χ3v) is 2.09. The van der Waals surface area contributed by atoms with Crippen molar-refractivity contribution in [2.24, 2.45) is 12.8 Å². The number of aryl methyl sites for hydroxylation is 2. The summed E-state index contributed by atoms with van der Waals surface area (Å²) in [6.07, 6.45) is 0.527. The number of nitrogens with zero attached hydrogens (tertiary/aromatic N) is 2. The molecule has 0 fully saturated rings. The van der Waals surface area contributed by atoms with Gasteiger partial charge in [0.1, 0.15) is 0 Å². The molecule has 0 aliphatic carbocycles. The number of carbonyl (C=O) groups is 1. The van der Waals surface area contributed by atoms with Crippen LogP contribution >= 0.6 is 0 Å². The van der Waals surface area contributed by atoms with Gasteiger partial charge < -0.3 is 10.8 Å². The zero-order valence-electron chi connectivity index (χ0n) is 8.40. The molecule has 0 saturated carbocycles. The Morgan fingerprint density at radius 2 is 2.43 bits per heavy atom. The first-order valence-corrected chi connectivity index (χ1v) is 4.48. The molecule has 0 bridgehead atoms. The molecule has 1 rings (SSSR count). The summed E-state index contributed by atoms with van der Waals surface area (Å²) in [5.74, 6) is -0.820. The summed E-state index contributed by atoms with van der Waals surface area (Å²) in [6, 6.07) is 1.63. The first-order valence-electron chi connectivity index (χ1n) is 4.48. The van der Waals surface area contributed by atoms with E-state index in [0.29, 0.717) is 6.42 Å². The monoisotopic (exact) mass is 197 g/mol. The summed E-state index contributed by atoms with van der Waals surface area (Å²) in [4.78, 5) is 10.3. The highest BCUT2D eigenvalue weighted by Crippen LogP contribution is 2.15. The van der Waals surface area contributed by atoms with E-state index in [4.69, 9.17) is 10.8 Å². The maximum Gasteiger partial charge on any atom is 0.303 e. The number of aliphatic carboxylic acids is 1. The normalized spacial score (nSPS) is 12.8. The number of hydrogen-bond donors (Lipinski definition) is 2. The highest BCUT2D eigenvalue weighted by Gasteiger charge is 2.12. The van der Waals surface area contributed by atoms with Crippen LogP contribution in [0.15, 0.2) is 6.07 Å². The number of rotatable bonds is 4. The number of carboxylic acid groups (broad SMARTS) is 1. The largest absolute Gasteiger partial charge is 0.481 e. The standard InChI is InChI=1S/C9H15N3O2/c1-6-5-8(12(2)11-6)7(10)3-4-9(13)14/h5,7H,3-4,10H2,1-2H3,(H,13,14). The van der Waals surface area contributed by atoms with E-state index in [1.165, 1.54) is 0 Å². The summed E-state index contributed by atoms with van der Waals surface area (Å²) in [5, 5.41) is 12.7. The Balaban J connectivity index is 2.64. The second-order valence-electron chi connectivity index (χ2n) is 3.37. The van der Waals surface area contributed by atoms with E-state index in [1.54, 1.807) is 4.68 Å². The van der Waals surface area contributed by atoms with E-state index in [9.17, 15) is 4.79 Å². The minimum atomic E-state index is -0.820. The van der Waals surface area contributed by atoms with Crippen LogP contribution in [-0.2, 0) is 11.8 Å². The minimum absolute atomic E-state index is 0.0887. The highest BCUT2D eigenvalue weighted by atomic mass is 16.4. The van der Waals surface area contributed by atoms with Crippen LogP contribution in [0.1, 0.15) is 30.3 Å². The average molecular weight is 197 g/mol. The van der Waals surface area contributed by atoms with Gasteiger partial charge in [-0.15, -0.1) is 0 Å². The third-order valence-electron chi connectivity index (χ3n) is 2.09. The number of hydrogen-bond acceptors (Lipinski definition) is 3. The van der Waals surface area contributed by atoms with Crippen molar-refractivity contribution in [2.75, 3.05) is 0 Å². The van der Waals surface area contributed by atoms with Gasteiger partial charge in [-0.2, -0.15) is 5.10 Å². The molecule has 0 saturated heterocycles. The van der Waals surface area contributed by atoms with Crippen LogP contribution in [0.5, 0.6) is 0 Å². The fraction of sp³-hybridized carbons (Fsp3) is 0.556. The molecular formula is C9H15N3O2. The molecule has 0 aromatic carbocycles. The molecule has 3 N–H and O–H groups in total. The summed E-state index contributed by atoms with van der Waals surface area (Å²) in [5.41, 5.74) is 7.61. The van der Waals surface area contributed by atoms with Crippen LogP contribution in [-0.4, -0.2) is 20.9 Å². The molecule has 1 aromatic rings. The Bertz CT molecular complexity index is 333. The molecule has 14 heavy (non-hydrogen) atoms. The second kappa shape index (κ2) is 4.23. The topological polar surface area (TPSA) is 81.1 Å². The highest BCUT2D eigenvalue weighted by molar-refractivity contribution is 5.66. The lowest BCUT2D eigenvalue weighted by Crippen LogP contribution is -2.15. The van der Waals surface area contributed by atoms with Crippen molar-refractivity contribution in [3.8, 4) is 0 Å². The van der Waals surface area contributed by atoms with E-state index >= 15 is 0 Å². The fourth-order valence-electron chi connectivity index (χ4n) is 1.40.